The van der Waals surface area contributed by atoms with Crippen LogP contribution in [0.25, 0.3) is 0 Å². The van der Waals surface area contributed by atoms with Crippen LogP contribution in [0.2, 0.25) is 5.02 Å². The summed E-state index contributed by atoms with van der Waals surface area (Å²) < 4.78 is 19.1. The molecule has 1 aliphatic rings. The van der Waals surface area contributed by atoms with Gasteiger partial charge in [-0.1, -0.05) is 23.8 Å². The highest BCUT2D eigenvalue weighted by atomic mass is 35.5. The van der Waals surface area contributed by atoms with Crippen molar-refractivity contribution in [2.45, 2.75) is 23.9 Å². The van der Waals surface area contributed by atoms with Crippen LogP contribution in [-0.2, 0) is 0 Å². The number of alkyl halides is 1. The Morgan fingerprint density at radius 2 is 2.22 bits per heavy atom. The molecule has 0 amide bonds. The molecule has 1 aromatic carbocycles. The summed E-state index contributed by atoms with van der Waals surface area (Å²) >= 11 is 10.1. The maximum atomic E-state index is 13.5. The molecule has 0 radical (unpaired) electrons. The van der Waals surface area contributed by atoms with Crippen LogP contribution in [0, 0.1) is 0 Å². The van der Waals surface area contributed by atoms with Crippen LogP contribution in [0.15, 0.2) is 46.9 Å². The van der Waals surface area contributed by atoms with Gasteiger partial charge in [0.25, 0.3) is 0 Å². The number of halogens is 2. The van der Waals surface area contributed by atoms with Gasteiger partial charge in [-0.25, -0.2) is 4.39 Å². The highest BCUT2D eigenvalue weighted by molar-refractivity contribution is 7.80. The third-order valence-corrected chi connectivity index (χ3v) is 3.15. The molecule has 0 saturated carbocycles. The predicted octanol–water partition coefficient (Wildman–Crippen LogP) is 4.62. The molecule has 4 heteroatoms. The monoisotopic (exact) mass is 284 g/mol. The standard InChI is InChI=1S/C14H14ClFOS/c1-14(16)4-2-10(3-5-14)9-17-12-6-11(15)7-13(18)8-12/h2-4,6-8,18H,5,9H2,1H3. The molecule has 1 unspecified atom stereocenters. The number of rotatable bonds is 3. The molecule has 1 atom stereocenters. The van der Waals surface area contributed by atoms with E-state index in [0.29, 0.717) is 23.8 Å². The summed E-state index contributed by atoms with van der Waals surface area (Å²) in [5, 5.41) is 0.585. The first-order valence-corrected chi connectivity index (χ1v) is 6.47. The fraction of sp³-hybridized carbons (Fsp3) is 0.286. The van der Waals surface area contributed by atoms with Crippen molar-refractivity contribution < 1.29 is 9.13 Å². The van der Waals surface area contributed by atoms with Crippen molar-refractivity contribution in [3.63, 3.8) is 0 Å². The van der Waals surface area contributed by atoms with E-state index in [0.717, 1.165) is 10.5 Å². The highest BCUT2D eigenvalue weighted by Crippen LogP contribution is 2.26. The second kappa shape index (κ2) is 5.37. The van der Waals surface area contributed by atoms with Gasteiger partial charge in [0.05, 0.1) is 0 Å². The van der Waals surface area contributed by atoms with Crippen LogP contribution in [0.1, 0.15) is 13.3 Å². The lowest BCUT2D eigenvalue weighted by molar-refractivity contribution is 0.257. The van der Waals surface area contributed by atoms with E-state index < -0.39 is 5.67 Å². The lowest BCUT2D eigenvalue weighted by Gasteiger charge is -2.19. The molecular formula is C14H14ClFOS. The molecule has 1 aliphatic carbocycles. The van der Waals surface area contributed by atoms with Gasteiger partial charge in [-0.15, -0.1) is 12.6 Å². The van der Waals surface area contributed by atoms with Gasteiger partial charge in [0.1, 0.15) is 18.0 Å². The molecular weight excluding hydrogens is 271 g/mol. The van der Waals surface area contributed by atoms with E-state index in [2.05, 4.69) is 12.6 Å². The third-order valence-electron chi connectivity index (χ3n) is 2.67. The molecule has 1 aromatic rings. The zero-order chi connectivity index (χ0) is 13.2. The van der Waals surface area contributed by atoms with Gasteiger partial charge in [0.15, 0.2) is 0 Å². The van der Waals surface area contributed by atoms with Gasteiger partial charge in [-0.3, -0.25) is 0 Å². The third kappa shape index (κ3) is 3.79. The summed E-state index contributed by atoms with van der Waals surface area (Å²) in [6.07, 6.45) is 5.56. The number of thiol groups is 1. The molecule has 0 N–H and O–H groups in total. The minimum atomic E-state index is -1.24. The molecule has 0 fully saturated rings. The maximum Gasteiger partial charge on any atom is 0.130 e. The Morgan fingerprint density at radius 1 is 1.44 bits per heavy atom. The fourth-order valence-electron chi connectivity index (χ4n) is 1.65. The van der Waals surface area contributed by atoms with E-state index in [-0.39, 0.29) is 0 Å². The Hall–Kier alpha value is -0.930. The number of ether oxygens (including phenoxy) is 1. The molecule has 0 spiro atoms. The van der Waals surface area contributed by atoms with Crippen LogP contribution in [0.3, 0.4) is 0 Å². The van der Waals surface area contributed by atoms with Crippen LogP contribution in [0.5, 0.6) is 5.75 Å². The lowest BCUT2D eigenvalue weighted by Crippen LogP contribution is -2.16. The fourth-order valence-corrected chi connectivity index (χ4v) is 2.22. The summed E-state index contributed by atoms with van der Waals surface area (Å²) in [4.78, 5) is 0.752. The average Bonchev–Trinajstić information content (AvgIpc) is 2.26. The number of hydrogen-bond acceptors (Lipinski definition) is 2. The SMILES string of the molecule is CC1(F)C=CC(COc2cc(S)cc(Cl)c2)=CC1. The minimum Gasteiger partial charge on any atom is -0.489 e. The molecule has 0 saturated heterocycles. The molecule has 0 heterocycles. The topological polar surface area (TPSA) is 9.23 Å². The Kier molecular flexibility index (Phi) is 4.03. The first-order valence-electron chi connectivity index (χ1n) is 5.64. The van der Waals surface area contributed by atoms with Crippen molar-refractivity contribution in [3.05, 3.63) is 47.0 Å². The van der Waals surface area contributed by atoms with Gasteiger partial charge in [0, 0.05) is 16.3 Å². The van der Waals surface area contributed by atoms with Gasteiger partial charge >= 0.3 is 0 Å². The zero-order valence-corrected chi connectivity index (χ0v) is 11.6. The summed E-state index contributed by atoms with van der Waals surface area (Å²) in [7, 11) is 0. The molecule has 2 rings (SSSR count). The minimum absolute atomic E-state index is 0.384. The quantitative estimate of drug-likeness (QED) is 0.797. The average molecular weight is 285 g/mol. The molecule has 0 aromatic heterocycles. The summed E-state index contributed by atoms with van der Waals surface area (Å²) in [6, 6.07) is 5.26. The first-order chi connectivity index (χ1) is 8.44. The molecule has 96 valence electrons. The second-order valence-corrected chi connectivity index (χ2v) is 5.48. The summed E-state index contributed by atoms with van der Waals surface area (Å²) in [5.74, 6) is 0.662. The van der Waals surface area contributed by atoms with Crippen molar-refractivity contribution in [1.29, 1.82) is 0 Å². The van der Waals surface area contributed by atoms with E-state index in [1.807, 2.05) is 6.08 Å². The van der Waals surface area contributed by atoms with Crippen molar-refractivity contribution in [2.24, 2.45) is 0 Å². The highest BCUT2D eigenvalue weighted by Gasteiger charge is 2.20. The second-order valence-electron chi connectivity index (χ2n) is 4.53. The van der Waals surface area contributed by atoms with Crippen LogP contribution < -0.4 is 4.74 Å². The van der Waals surface area contributed by atoms with Gasteiger partial charge in [-0.05, 0) is 36.8 Å². The maximum absolute atomic E-state index is 13.5. The van der Waals surface area contributed by atoms with E-state index in [4.69, 9.17) is 16.3 Å². The number of allylic oxidation sites excluding steroid dienone is 2. The number of benzene rings is 1. The van der Waals surface area contributed by atoms with Crippen molar-refractivity contribution in [1.82, 2.24) is 0 Å². The van der Waals surface area contributed by atoms with Gasteiger partial charge in [0.2, 0.25) is 0 Å². The van der Waals surface area contributed by atoms with Crippen molar-refractivity contribution >= 4 is 24.2 Å². The number of hydrogen-bond donors (Lipinski definition) is 1. The molecule has 1 nitrogen and oxygen atoms in total. The van der Waals surface area contributed by atoms with Crippen LogP contribution in [-0.4, -0.2) is 12.3 Å². The van der Waals surface area contributed by atoms with Gasteiger partial charge < -0.3 is 4.74 Å². The van der Waals surface area contributed by atoms with E-state index in [1.165, 1.54) is 0 Å². The predicted molar refractivity (Wildman–Crippen MR) is 75.6 cm³/mol. The Labute approximate surface area is 117 Å². The Morgan fingerprint density at radius 3 is 2.83 bits per heavy atom. The zero-order valence-electron chi connectivity index (χ0n) is 9.99. The summed E-state index contributed by atoms with van der Waals surface area (Å²) in [6.45, 7) is 1.96. The largest absolute Gasteiger partial charge is 0.489 e. The normalized spacial score (nSPS) is 22.8. The molecule has 0 aliphatic heterocycles. The van der Waals surface area contributed by atoms with Crippen molar-refractivity contribution in [3.8, 4) is 5.75 Å². The van der Waals surface area contributed by atoms with E-state index in [9.17, 15) is 4.39 Å². The smallest absolute Gasteiger partial charge is 0.130 e. The van der Waals surface area contributed by atoms with Gasteiger partial charge in [-0.2, -0.15) is 0 Å². The summed E-state index contributed by atoms with van der Waals surface area (Å²) in [5.41, 5.74) is -0.275. The Balaban J connectivity index is 1.97. The van der Waals surface area contributed by atoms with Crippen LogP contribution >= 0.6 is 24.2 Å². The lowest BCUT2D eigenvalue weighted by atomic mass is 9.96. The van der Waals surface area contributed by atoms with Crippen molar-refractivity contribution in [2.75, 3.05) is 6.61 Å². The Bertz CT molecular complexity index is 488. The van der Waals surface area contributed by atoms with E-state index >= 15 is 0 Å². The molecule has 18 heavy (non-hydrogen) atoms. The van der Waals surface area contributed by atoms with Crippen LogP contribution in [0.4, 0.5) is 4.39 Å². The first kappa shape index (κ1) is 13.5. The molecule has 0 bridgehead atoms. The van der Waals surface area contributed by atoms with E-state index in [1.54, 1.807) is 37.3 Å².